The Hall–Kier alpha value is -3.91. The number of carbonyl (C=O) groups excluding carboxylic acids is 2. The molecule has 0 saturated carbocycles. The molecule has 7 nitrogen and oxygen atoms in total. The Morgan fingerprint density at radius 1 is 0.939 bits per heavy atom. The Kier molecular flexibility index (Phi) is 6.85. The Bertz CT molecular complexity index is 1270. The van der Waals surface area contributed by atoms with Crippen LogP contribution in [0.5, 0.6) is 5.75 Å². The predicted molar refractivity (Wildman–Crippen MR) is 128 cm³/mol. The molecule has 166 valence electrons. The summed E-state index contributed by atoms with van der Waals surface area (Å²) in [5.41, 5.74) is 3.08. The van der Waals surface area contributed by atoms with E-state index in [2.05, 4.69) is 15.5 Å². The van der Waals surface area contributed by atoms with Crippen LogP contribution in [-0.2, 0) is 4.79 Å². The van der Waals surface area contributed by atoms with Gasteiger partial charge >= 0.3 is 0 Å². The summed E-state index contributed by atoms with van der Waals surface area (Å²) in [5, 5.41) is 21.6. The lowest BCUT2D eigenvalue weighted by atomic mass is 10.2. The number of carbonyl (C=O) groups is 2. The van der Waals surface area contributed by atoms with E-state index >= 15 is 0 Å². The molecule has 0 radical (unpaired) electrons. The maximum absolute atomic E-state index is 12.5. The van der Waals surface area contributed by atoms with Crippen LogP contribution in [0.3, 0.4) is 0 Å². The summed E-state index contributed by atoms with van der Waals surface area (Å²) in [4.78, 5) is 24.7. The number of thioether (sulfide) groups is 1. The van der Waals surface area contributed by atoms with E-state index in [0.29, 0.717) is 11.0 Å². The van der Waals surface area contributed by atoms with E-state index in [-0.39, 0.29) is 29.4 Å². The minimum Gasteiger partial charge on any atom is -0.507 e. The van der Waals surface area contributed by atoms with Crippen LogP contribution in [0.2, 0.25) is 0 Å². The molecule has 3 aromatic carbocycles. The van der Waals surface area contributed by atoms with Gasteiger partial charge in [-0.2, -0.15) is 0 Å². The van der Waals surface area contributed by atoms with Crippen LogP contribution < -0.4 is 5.32 Å². The number of aryl methyl sites for hydroxylation is 1. The van der Waals surface area contributed by atoms with Gasteiger partial charge in [0.1, 0.15) is 5.75 Å². The van der Waals surface area contributed by atoms with E-state index in [1.165, 1.54) is 23.9 Å². The van der Waals surface area contributed by atoms with Gasteiger partial charge in [-0.25, -0.2) is 0 Å². The highest BCUT2D eigenvalue weighted by atomic mass is 32.2. The third-order valence-electron chi connectivity index (χ3n) is 4.91. The normalized spacial score (nSPS) is 10.7. The maximum Gasteiger partial charge on any atom is 0.255 e. The average Bonchev–Trinajstić information content (AvgIpc) is 3.26. The van der Waals surface area contributed by atoms with Crippen LogP contribution in [0, 0.1) is 6.92 Å². The van der Waals surface area contributed by atoms with Crippen LogP contribution in [-0.4, -0.2) is 43.9 Å². The van der Waals surface area contributed by atoms with Crippen molar-refractivity contribution in [2.24, 2.45) is 0 Å². The van der Waals surface area contributed by atoms with Crippen molar-refractivity contribution in [1.29, 1.82) is 0 Å². The minimum absolute atomic E-state index is 0.111. The molecule has 8 heteroatoms. The number of amides is 1. The second kappa shape index (κ2) is 10.1. The van der Waals surface area contributed by atoms with Crippen molar-refractivity contribution in [2.75, 3.05) is 12.3 Å². The average molecular weight is 459 g/mol. The number of aromatic nitrogens is 3. The van der Waals surface area contributed by atoms with E-state index < -0.39 is 5.91 Å². The zero-order valence-corrected chi connectivity index (χ0v) is 18.7. The first kappa shape index (κ1) is 22.3. The first-order chi connectivity index (χ1) is 16.0. The van der Waals surface area contributed by atoms with E-state index in [1.807, 2.05) is 66.1 Å². The third-order valence-corrected chi connectivity index (χ3v) is 5.90. The second-order valence-electron chi connectivity index (χ2n) is 7.37. The van der Waals surface area contributed by atoms with Crippen LogP contribution in [0.25, 0.3) is 17.1 Å². The number of hydrogen-bond acceptors (Lipinski definition) is 6. The molecule has 0 aliphatic heterocycles. The summed E-state index contributed by atoms with van der Waals surface area (Å²) < 4.78 is 1.92. The van der Waals surface area contributed by atoms with Crippen molar-refractivity contribution in [3.63, 3.8) is 0 Å². The Labute approximate surface area is 195 Å². The number of aromatic hydroxyl groups is 1. The molecule has 1 aromatic heterocycles. The molecule has 4 aromatic rings. The topological polar surface area (TPSA) is 97.1 Å². The van der Waals surface area contributed by atoms with E-state index in [1.54, 1.807) is 12.1 Å². The SMILES string of the molecule is Cc1ccc(-n2c(SCC(=O)CNC(=O)c3ccccc3O)nnc2-c2ccccc2)cc1. The zero-order chi connectivity index (χ0) is 23.2. The lowest BCUT2D eigenvalue weighted by molar-refractivity contribution is -0.115. The molecule has 0 aliphatic rings. The van der Waals surface area contributed by atoms with Crippen molar-refractivity contribution in [3.8, 4) is 22.8 Å². The number of nitrogens with one attached hydrogen (secondary N) is 1. The summed E-state index contributed by atoms with van der Waals surface area (Å²) >= 11 is 1.26. The van der Waals surface area contributed by atoms with E-state index in [9.17, 15) is 14.7 Å². The van der Waals surface area contributed by atoms with Gasteiger partial charge in [0.05, 0.1) is 17.9 Å². The van der Waals surface area contributed by atoms with Gasteiger partial charge in [-0.05, 0) is 31.2 Å². The lowest BCUT2D eigenvalue weighted by Crippen LogP contribution is -2.30. The van der Waals surface area contributed by atoms with Crippen LogP contribution in [0.1, 0.15) is 15.9 Å². The number of phenolic OH excluding ortho intramolecular Hbond substituents is 1. The molecule has 0 fully saturated rings. The Morgan fingerprint density at radius 2 is 1.64 bits per heavy atom. The van der Waals surface area contributed by atoms with Gasteiger partial charge in [-0.1, -0.05) is 71.9 Å². The highest BCUT2D eigenvalue weighted by Gasteiger charge is 2.18. The second-order valence-corrected chi connectivity index (χ2v) is 8.31. The van der Waals surface area contributed by atoms with Crippen LogP contribution in [0.15, 0.2) is 84.0 Å². The molecule has 0 atom stereocenters. The zero-order valence-electron chi connectivity index (χ0n) is 17.9. The molecule has 0 spiro atoms. The molecule has 1 amide bonds. The highest BCUT2D eigenvalue weighted by Crippen LogP contribution is 2.28. The van der Waals surface area contributed by atoms with Gasteiger partial charge in [0.25, 0.3) is 5.91 Å². The first-order valence-corrected chi connectivity index (χ1v) is 11.3. The maximum atomic E-state index is 12.5. The summed E-state index contributed by atoms with van der Waals surface area (Å²) in [5.74, 6) is -0.0114. The monoisotopic (exact) mass is 458 g/mol. The molecule has 0 saturated heterocycles. The fourth-order valence-corrected chi connectivity index (χ4v) is 4.01. The van der Waals surface area contributed by atoms with Crippen molar-refractivity contribution in [3.05, 3.63) is 90.0 Å². The number of ketones is 1. The molecule has 1 heterocycles. The number of nitrogens with zero attached hydrogens (tertiary/aromatic N) is 3. The Morgan fingerprint density at radius 3 is 2.36 bits per heavy atom. The molecular formula is C25H22N4O3S. The standard InChI is InChI=1S/C25H22N4O3S/c1-17-11-13-19(14-12-17)29-23(18-7-3-2-4-8-18)27-28-25(29)33-16-20(30)15-26-24(32)21-9-5-6-10-22(21)31/h2-14,31H,15-16H2,1H3,(H,26,32). The predicted octanol–water partition coefficient (Wildman–Crippen LogP) is 4.04. The van der Waals surface area contributed by atoms with E-state index in [0.717, 1.165) is 16.8 Å². The first-order valence-electron chi connectivity index (χ1n) is 10.3. The minimum atomic E-state index is -0.499. The van der Waals surface area contributed by atoms with Crippen molar-refractivity contribution in [2.45, 2.75) is 12.1 Å². The van der Waals surface area contributed by atoms with Gasteiger partial charge < -0.3 is 10.4 Å². The largest absolute Gasteiger partial charge is 0.507 e. The molecule has 0 unspecified atom stereocenters. The van der Waals surface area contributed by atoms with Gasteiger partial charge in [-0.3, -0.25) is 14.2 Å². The highest BCUT2D eigenvalue weighted by molar-refractivity contribution is 7.99. The summed E-state index contributed by atoms with van der Waals surface area (Å²) in [6.45, 7) is 1.87. The number of benzene rings is 3. The van der Waals surface area contributed by atoms with Crippen molar-refractivity contribution < 1.29 is 14.7 Å². The number of Topliss-reactive ketones (excluding diaryl/α,β-unsaturated/α-hetero) is 1. The van der Waals surface area contributed by atoms with Gasteiger partial charge in [0.2, 0.25) is 0 Å². The fourth-order valence-electron chi connectivity index (χ4n) is 3.20. The number of phenols is 1. The summed E-state index contributed by atoms with van der Waals surface area (Å²) in [7, 11) is 0. The van der Waals surface area contributed by atoms with Gasteiger partial charge in [0, 0.05) is 11.3 Å². The van der Waals surface area contributed by atoms with Gasteiger partial charge in [-0.15, -0.1) is 10.2 Å². The lowest BCUT2D eigenvalue weighted by Gasteiger charge is -2.11. The summed E-state index contributed by atoms with van der Waals surface area (Å²) in [6, 6.07) is 23.9. The molecule has 33 heavy (non-hydrogen) atoms. The van der Waals surface area contributed by atoms with E-state index in [4.69, 9.17) is 0 Å². The number of rotatable bonds is 8. The fraction of sp³-hybridized carbons (Fsp3) is 0.120. The summed E-state index contributed by atoms with van der Waals surface area (Å²) in [6.07, 6.45) is 0. The molecule has 0 aliphatic carbocycles. The third kappa shape index (κ3) is 5.30. The van der Waals surface area contributed by atoms with Crippen LogP contribution >= 0.6 is 11.8 Å². The number of hydrogen-bond donors (Lipinski definition) is 2. The molecule has 0 bridgehead atoms. The molecule has 4 rings (SSSR count). The van der Waals surface area contributed by atoms with Crippen molar-refractivity contribution in [1.82, 2.24) is 20.1 Å². The smallest absolute Gasteiger partial charge is 0.255 e. The molecule has 2 N–H and O–H groups in total. The Balaban J connectivity index is 1.48. The number of para-hydroxylation sites is 1. The van der Waals surface area contributed by atoms with Crippen LogP contribution in [0.4, 0.5) is 0 Å². The van der Waals surface area contributed by atoms with Gasteiger partial charge in [0.15, 0.2) is 16.8 Å². The molecular weight excluding hydrogens is 436 g/mol. The van der Waals surface area contributed by atoms with Crippen molar-refractivity contribution >= 4 is 23.5 Å². The quantitative estimate of drug-likeness (QED) is 0.387.